The Morgan fingerprint density at radius 1 is 1.29 bits per heavy atom. The van der Waals surface area contributed by atoms with Crippen LogP contribution in [0.2, 0.25) is 0 Å². The van der Waals surface area contributed by atoms with Gasteiger partial charge in [-0.25, -0.2) is 9.97 Å². The number of anilines is 2. The van der Waals surface area contributed by atoms with E-state index in [4.69, 9.17) is 4.74 Å². The van der Waals surface area contributed by atoms with E-state index in [1.807, 2.05) is 13.1 Å². The number of ether oxygens (including phenoxy) is 1. The summed E-state index contributed by atoms with van der Waals surface area (Å²) in [6.45, 7) is 3.73. The molecule has 5 heteroatoms. The van der Waals surface area contributed by atoms with Crippen molar-refractivity contribution in [2.24, 2.45) is 0 Å². The van der Waals surface area contributed by atoms with Crippen LogP contribution in [0.3, 0.4) is 0 Å². The van der Waals surface area contributed by atoms with Crippen molar-refractivity contribution in [2.75, 3.05) is 30.9 Å². The summed E-state index contributed by atoms with van der Waals surface area (Å²) in [5.41, 5.74) is 0. The lowest BCUT2D eigenvalue weighted by atomic mass is 10.1. The van der Waals surface area contributed by atoms with E-state index in [-0.39, 0.29) is 0 Å². The van der Waals surface area contributed by atoms with Crippen LogP contribution in [0.1, 0.15) is 25.6 Å². The summed E-state index contributed by atoms with van der Waals surface area (Å²) in [5.74, 6) is 2.64. The summed E-state index contributed by atoms with van der Waals surface area (Å²) < 4.78 is 5.34. The number of nitrogens with one attached hydrogen (secondary N) is 2. The first-order valence-electron chi connectivity index (χ1n) is 6.21. The molecule has 5 nitrogen and oxygen atoms in total. The van der Waals surface area contributed by atoms with Crippen molar-refractivity contribution in [2.45, 2.75) is 32.2 Å². The molecule has 0 aromatic carbocycles. The molecule has 0 saturated carbocycles. The minimum absolute atomic E-state index is 0.466. The first-order chi connectivity index (χ1) is 8.31. The lowest BCUT2D eigenvalue weighted by Crippen LogP contribution is -2.28. The van der Waals surface area contributed by atoms with Gasteiger partial charge in [0, 0.05) is 38.8 Å². The highest BCUT2D eigenvalue weighted by Gasteiger charge is 2.14. The predicted molar refractivity (Wildman–Crippen MR) is 68.4 cm³/mol. The van der Waals surface area contributed by atoms with E-state index in [0.29, 0.717) is 6.04 Å². The number of aromatic nitrogens is 2. The Kier molecular flexibility index (Phi) is 4.14. The van der Waals surface area contributed by atoms with Crippen LogP contribution in [0.5, 0.6) is 0 Å². The zero-order valence-corrected chi connectivity index (χ0v) is 10.5. The molecule has 2 N–H and O–H groups in total. The molecular weight excluding hydrogens is 216 g/mol. The molecule has 1 aromatic heterocycles. The predicted octanol–water partition coefficient (Wildman–Crippen LogP) is 1.67. The van der Waals surface area contributed by atoms with Crippen molar-refractivity contribution in [1.82, 2.24) is 9.97 Å². The van der Waals surface area contributed by atoms with Crippen LogP contribution in [0.15, 0.2) is 6.07 Å². The summed E-state index contributed by atoms with van der Waals surface area (Å²) >= 11 is 0. The molecule has 1 fully saturated rings. The van der Waals surface area contributed by atoms with Gasteiger partial charge in [0.25, 0.3) is 0 Å². The van der Waals surface area contributed by atoms with Gasteiger partial charge in [-0.3, -0.25) is 0 Å². The SMILES string of the molecule is CCc1nc(NC)cc(NC2CCOCC2)n1. The Balaban J connectivity index is 2.07. The second-order valence-corrected chi connectivity index (χ2v) is 4.19. The van der Waals surface area contributed by atoms with Gasteiger partial charge < -0.3 is 15.4 Å². The first kappa shape index (κ1) is 12.1. The fourth-order valence-corrected chi connectivity index (χ4v) is 1.91. The van der Waals surface area contributed by atoms with Gasteiger partial charge in [-0.2, -0.15) is 0 Å². The number of aryl methyl sites for hydroxylation is 1. The van der Waals surface area contributed by atoms with E-state index in [0.717, 1.165) is 49.9 Å². The highest BCUT2D eigenvalue weighted by molar-refractivity contribution is 5.47. The van der Waals surface area contributed by atoms with Gasteiger partial charge in [0.1, 0.15) is 17.5 Å². The largest absolute Gasteiger partial charge is 0.381 e. The van der Waals surface area contributed by atoms with Gasteiger partial charge in [-0.05, 0) is 12.8 Å². The van der Waals surface area contributed by atoms with E-state index in [1.54, 1.807) is 0 Å². The van der Waals surface area contributed by atoms with E-state index in [9.17, 15) is 0 Å². The van der Waals surface area contributed by atoms with E-state index in [2.05, 4.69) is 27.5 Å². The summed E-state index contributed by atoms with van der Waals surface area (Å²) in [5, 5.41) is 6.52. The average Bonchev–Trinajstić information content (AvgIpc) is 2.39. The molecular formula is C12H20N4O. The van der Waals surface area contributed by atoms with Crippen molar-refractivity contribution in [1.29, 1.82) is 0 Å². The molecule has 0 unspecified atom stereocenters. The van der Waals surface area contributed by atoms with E-state index in [1.165, 1.54) is 0 Å². The van der Waals surface area contributed by atoms with Crippen LogP contribution < -0.4 is 10.6 Å². The molecule has 0 radical (unpaired) electrons. The van der Waals surface area contributed by atoms with Gasteiger partial charge in [-0.15, -0.1) is 0 Å². The number of rotatable bonds is 4. The maximum atomic E-state index is 5.34. The minimum atomic E-state index is 0.466. The minimum Gasteiger partial charge on any atom is -0.381 e. The Morgan fingerprint density at radius 3 is 2.65 bits per heavy atom. The van der Waals surface area contributed by atoms with Crippen molar-refractivity contribution >= 4 is 11.6 Å². The van der Waals surface area contributed by atoms with Gasteiger partial charge in [-0.1, -0.05) is 6.92 Å². The second-order valence-electron chi connectivity index (χ2n) is 4.19. The average molecular weight is 236 g/mol. The van der Waals surface area contributed by atoms with Crippen molar-refractivity contribution < 1.29 is 4.74 Å². The number of nitrogens with zero attached hydrogens (tertiary/aromatic N) is 2. The molecule has 0 spiro atoms. The molecule has 2 rings (SSSR count). The molecule has 94 valence electrons. The van der Waals surface area contributed by atoms with Crippen LogP contribution in [0, 0.1) is 0 Å². The third kappa shape index (κ3) is 3.30. The van der Waals surface area contributed by atoms with Crippen LogP contribution in [-0.4, -0.2) is 36.3 Å². The molecule has 0 bridgehead atoms. The molecule has 2 heterocycles. The fourth-order valence-electron chi connectivity index (χ4n) is 1.91. The van der Waals surface area contributed by atoms with E-state index < -0.39 is 0 Å². The third-order valence-corrected chi connectivity index (χ3v) is 2.92. The summed E-state index contributed by atoms with van der Waals surface area (Å²) in [4.78, 5) is 8.87. The standard InChI is InChI=1S/C12H20N4O/c1-3-10-15-11(13-2)8-12(16-10)14-9-4-6-17-7-5-9/h8-9H,3-7H2,1-2H3,(H2,13,14,15,16). The maximum Gasteiger partial charge on any atom is 0.132 e. The van der Waals surface area contributed by atoms with Crippen LogP contribution in [0.4, 0.5) is 11.6 Å². The zero-order valence-electron chi connectivity index (χ0n) is 10.5. The monoisotopic (exact) mass is 236 g/mol. The Hall–Kier alpha value is -1.36. The van der Waals surface area contributed by atoms with Gasteiger partial charge in [0.05, 0.1) is 0 Å². The summed E-state index contributed by atoms with van der Waals surface area (Å²) in [6, 6.07) is 2.42. The zero-order chi connectivity index (χ0) is 12.1. The van der Waals surface area contributed by atoms with Crippen LogP contribution in [-0.2, 0) is 11.2 Å². The quantitative estimate of drug-likeness (QED) is 0.832. The lowest BCUT2D eigenvalue weighted by molar-refractivity contribution is 0.0904. The molecule has 1 aliphatic rings. The molecule has 17 heavy (non-hydrogen) atoms. The highest BCUT2D eigenvalue weighted by Crippen LogP contribution is 2.16. The molecule has 0 atom stereocenters. The second kappa shape index (κ2) is 5.82. The molecule has 1 aliphatic heterocycles. The summed E-state index contributed by atoms with van der Waals surface area (Å²) in [6.07, 6.45) is 2.93. The fraction of sp³-hybridized carbons (Fsp3) is 0.667. The molecule has 0 aliphatic carbocycles. The van der Waals surface area contributed by atoms with Gasteiger partial charge in [0.2, 0.25) is 0 Å². The Morgan fingerprint density at radius 2 is 2.00 bits per heavy atom. The van der Waals surface area contributed by atoms with Crippen molar-refractivity contribution in [3.05, 3.63) is 11.9 Å². The maximum absolute atomic E-state index is 5.34. The van der Waals surface area contributed by atoms with Crippen LogP contribution >= 0.6 is 0 Å². The van der Waals surface area contributed by atoms with Gasteiger partial charge in [0.15, 0.2) is 0 Å². The Labute approximate surface area is 102 Å². The normalized spacial score (nSPS) is 16.8. The third-order valence-electron chi connectivity index (χ3n) is 2.92. The Bertz CT molecular complexity index is 341. The lowest BCUT2D eigenvalue weighted by Gasteiger charge is -2.23. The van der Waals surface area contributed by atoms with Crippen molar-refractivity contribution in [3.8, 4) is 0 Å². The summed E-state index contributed by atoms with van der Waals surface area (Å²) in [7, 11) is 1.88. The van der Waals surface area contributed by atoms with Crippen molar-refractivity contribution in [3.63, 3.8) is 0 Å². The first-order valence-corrected chi connectivity index (χ1v) is 6.21. The van der Waals surface area contributed by atoms with Gasteiger partial charge >= 0.3 is 0 Å². The number of hydrogen-bond donors (Lipinski definition) is 2. The molecule has 0 amide bonds. The van der Waals surface area contributed by atoms with Crippen LogP contribution in [0.25, 0.3) is 0 Å². The smallest absolute Gasteiger partial charge is 0.132 e. The molecule has 1 aromatic rings. The molecule has 1 saturated heterocycles. The van der Waals surface area contributed by atoms with E-state index >= 15 is 0 Å². The number of hydrogen-bond acceptors (Lipinski definition) is 5. The highest BCUT2D eigenvalue weighted by atomic mass is 16.5. The topological polar surface area (TPSA) is 59.1 Å².